The maximum absolute atomic E-state index is 12.6. The topological polar surface area (TPSA) is 77.1 Å². The van der Waals surface area contributed by atoms with Gasteiger partial charge in [0.25, 0.3) is 5.91 Å². The average Bonchev–Trinajstić information content (AvgIpc) is 3.11. The molecular weight excluding hydrogens is 396 g/mol. The number of hydrogen-bond acceptors (Lipinski definition) is 5. The van der Waals surface area contributed by atoms with Crippen LogP contribution >= 0.6 is 11.6 Å². The average molecular weight is 419 g/mol. The summed E-state index contributed by atoms with van der Waals surface area (Å²) in [5.74, 6) is 1.00. The smallest absolute Gasteiger partial charge is 0.251 e. The number of amides is 2. The molecule has 2 aromatic carbocycles. The summed E-state index contributed by atoms with van der Waals surface area (Å²) in [5.41, 5.74) is 1.19. The summed E-state index contributed by atoms with van der Waals surface area (Å²) in [4.78, 5) is 26.7. The van der Waals surface area contributed by atoms with Crippen molar-refractivity contribution in [2.75, 3.05) is 39.3 Å². The van der Waals surface area contributed by atoms with Crippen molar-refractivity contribution in [2.45, 2.75) is 6.42 Å². The standard InChI is InChI=1S/C21H23ClN2O5/c1-27-17-9-14(10-18(28-2)20(17)29-3)21(26)23-11-13-8-19(25)24(12-13)16-6-4-15(22)5-7-16/h4-7,9-10,13H,8,11-12H2,1-3H3,(H,23,26). The molecule has 154 valence electrons. The van der Waals surface area contributed by atoms with E-state index in [-0.39, 0.29) is 17.7 Å². The van der Waals surface area contributed by atoms with Crippen LogP contribution in [-0.4, -0.2) is 46.2 Å². The minimum absolute atomic E-state index is 0.0177. The monoisotopic (exact) mass is 418 g/mol. The predicted molar refractivity (Wildman–Crippen MR) is 110 cm³/mol. The lowest BCUT2D eigenvalue weighted by molar-refractivity contribution is -0.117. The Hall–Kier alpha value is -2.93. The summed E-state index contributed by atoms with van der Waals surface area (Å²) < 4.78 is 15.8. The molecule has 2 aromatic rings. The third-order valence-electron chi connectivity index (χ3n) is 4.82. The lowest BCUT2D eigenvalue weighted by atomic mass is 10.1. The van der Waals surface area contributed by atoms with Crippen molar-refractivity contribution < 1.29 is 23.8 Å². The van der Waals surface area contributed by atoms with Crippen LogP contribution in [0.3, 0.4) is 0 Å². The number of carbonyl (C=O) groups is 2. The van der Waals surface area contributed by atoms with E-state index in [9.17, 15) is 9.59 Å². The molecule has 3 rings (SSSR count). The number of hydrogen-bond donors (Lipinski definition) is 1. The van der Waals surface area contributed by atoms with E-state index in [2.05, 4.69) is 5.32 Å². The quantitative estimate of drug-likeness (QED) is 0.747. The van der Waals surface area contributed by atoms with Crippen LogP contribution in [0.25, 0.3) is 0 Å². The van der Waals surface area contributed by atoms with Gasteiger partial charge in [0, 0.05) is 41.7 Å². The van der Waals surface area contributed by atoms with E-state index in [1.807, 2.05) is 12.1 Å². The molecular formula is C21H23ClN2O5. The summed E-state index contributed by atoms with van der Waals surface area (Å²) in [7, 11) is 4.49. The minimum Gasteiger partial charge on any atom is -0.493 e. The molecule has 8 heteroatoms. The fourth-order valence-corrected chi connectivity index (χ4v) is 3.47. The number of ether oxygens (including phenoxy) is 3. The molecule has 0 aromatic heterocycles. The number of benzene rings is 2. The van der Waals surface area contributed by atoms with Gasteiger partial charge in [0.05, 0.1) is 21.3 Å². The highest BCUT2D eigenvalue weighted by Crippen LogP contribution is 2.38. The zero-order valence-electron chi connectivity index (χ0n) is 16.5. The number of anilines is 1. The minimum atomic E-state index is -0.276. The second-order valence-corrected chi connectivity index (χ2v) is 7.11. The highest BCUT2D eigenvalue weighted by molar-refractivity contribution is 6.30. The first-order valence-electron chi connectivity index (χ1n) is 9.11. The number of nitrogens with one attached hydrogen (secondary N) is 1. The van der Waals surface area contributed by atoms with Crippen molar-refractivity contribution in [2.24, 2.45) is 5.92 Å². The van der Waals surface area contributed by atoms with Gasteiger partial charge in [-0.1, -0.05) is 11.6 Å². The van der Waals surface area contributed by atoms with Gasteiger partial charge in [-0.15, -0.1) is 0 Å². The fourth-order valence-electron chi connectivity index (χ4n) is 3.34. The van der Waals surface area contributed by atoms with E-state index in [1.165, 1.54) is 21.3 Å². The molecule has 7 nitrogen and oxygen atoms in total. The molecule has 1 aliphatic rings. The summed E-state index contributed by atoms with van der Waals surface area (Å²) >= 11 is 5.91. The van der Waals surface area contributed by atoms with E-state index >= 15 is 0 Å². The third-order valence-corrected chi connectivity index (χ3v) is 5.07. The number of halogens is 1. The Morgan fingerprint density at radius 2 is 1.72 bits per heavy atom. The van der Waals surface area contributed by atoms with E-state index in [0.717, 1.165) is 5.69 Å². The predicted octanol–water partition coefficient (Wildman–Crippen LogP) is 3.15. The van der Waals surface area contributed by atoms with Crippen molar-refractivity contribution >= 4 is 29.1 Å². The van der Waals surface area contributed by atoms with Gasteiger partial charge in [0.2, 0.25) is 11.7 Å². The fraction of sp³-hybridized carbons (Fsp3) is 0.333. The van der Waals surface area contributed by atoms with Gasteiger partial charge in [0.15, 0.2) is 11.5 Å². The molecule has 0 bridgehead atoms. The number of rotatable bonds is 7. The highest BCUT2D eigenvalue weighted by Gasteiger charge is 2.31. The summed E-state index contributed by atoms with van der Waals surface area (Å²) in [5, 5.41) is 3.51. The van der Waals surface area contributed by atoms with Crippen molar-refractivity contribution in [1.29, 1.82) is 0 Å². The first-order valence-corrected chi connectivity index (χ1v) is 9.48. The van der Waals surface area contributed by atoms with Gasteiger partial charge < -0.3 is 24.4 Å². The van der Waals surface area contributed by atoms with Crippen LogP contribution in [-0.2, 0) is 4.79 Å². The van der Waals surface area contributed by atoms with Gasteiger partial charge in [-0.25, -0.2) is 0 Å². The Bertz CT molecular complexity index is 875. The largest absolute Gasteiger partial charge is 0.493 e. The number of nitrogens with zero attached hydrogens (tertiary/aromatic N) is 1. The van der Waals surface area contributed by atoms with Gasteiger partial charge in [-0.2, -0.15) is 0 Å². The highest BCUT2D eigenvalue weighted by atomic mass is 35.5. The van der Waals surface area contributed by atoms with Crippen molar-refractivity contribution in [3.8, 4) is 17.2 Å². The molecule has 1 unspecified atom stereocenters. The third kappa shape index (κ3) is 4.56. The van der Waals surface area contributed by atoms with E-state index in [4.69, 9.17) is 25.8 Å². The maximum Gasteiger partial charge on any atom is 0.251 e. The van der Waals surface area contributed by atoms with Gasteiger partial charge in [-0.05, 0) is 36.4 Å². The Labute approximate surface area is 174 Å². The van der Waals surface area contributed by atoms with E-state index in [1.54, 1.807) is 29.2 Å². The van der Waals surface area contributed by atoms with Crippen LogP contribution in [0.15, 0.2) is 36.4 Å². The molecule has 1 atom stereocenters. The molecule has 1 aliphatic heterocycles. The molecule has 29 heavy (non-hydrogen) atoms. The molecule has 2 amide bonds. The van der Waals surface area contributed by atoms with Crippen LogP contribution in [0.1, 0.15) is 16.8 Å². The zero-order chi connectivity index (χ0) is 21.0. The van der Waals surface area contributed by atoms with Gasteiger partial charge in [-0.3, -0.25) is 9.59 Å². The molecule has 0 aliphatic carbocycles. The molecule has 1 heterocycles. The van der Waals surface area contributed by atoms with E-state index in [0.29, 0.717) is 47.3 Å². The molecule has 1 fully saturated rings. The second kappa shape index (κ2) is 9.05. The number of methoxy groups -OCH3 is 3. The molecule has 1 N–H and O–H groups in total. The van der Waals surface area contributed by atoms with Crippen LogP contribution in [0.2, 0.25) is 5.02 Å². The van der Waals surface area contributed by atoms with Crippen LogP contribution < -0.4 is 24.4 Å². The second-order valence-electron chi connectivity index (χ2n) is 6.67. The summed E-state index contributed by atoms with van der Waals surface area (Å²) in [6, 6.07) is 10.3. The summed E-state index contributed by atoms with van der Waals surface area (Å²) in [6.07, 6.45) is 0.373. The first kappa shape index (κ1) is 20.8. The molecule has 1 saturated heterocycles. The van der Waals surface area contributed by atoms with Crippen LogP contribution in [0.5, 0.6) is 17.2 Å². The van der Waals surface area contributed by atoms with Crippen molar-refractivity contribution in [3.05, 3.63) is 47.0 Å². The zero-order valence-corrected chi connectivity index (χ0v) is 17.3. The normalized spacial score (nSPS) is 15.9. The molecule has 0 radical (unpaired) electrons. The van der Waals surface area contributed by atoms with Crippen LogP contribution in [0.4, 0.5) is 5.69 Å². The summed E-state index contributed by atoms with van der Waals surface area (Å²) in [6.45, 7) is 0.918. The lowest BCUT2D eigenvalue weighted by Gasteiger charge is -2.17. The lowest BCUT2D eigenvalue weighted by Crippen LogP contribution is -2.31. The molecule has 0 spiro atoms. The van der Waals surface area contributed by atoms with E-state index < -0.39 is 0 Å². The van der Waals surface area contributed by atoms with Gasteiger partial charge in [0.1, 0.15) is 0 Å². The Kier molecular flexibility index (Phi) is 6.49. The maximum atomic E-state index is 12.6. The SMILES string of the molecule is COc1cc(C(=O)NCC2CC(=O)N(c3ccc(Cl)cc3)C2)cc(OC)c1OC. The number of carbonyl (C=O) groups excluding carboxylic acids is 2. The van der Waals surface area contributed by atoms with Gasteiger partial charge >= 0.3 is 0 Å². The van der Waals surface area contributed by atoms with Crippen LogP contribution in [0, 0.1) is 5.92 Å². The first-order chi connectivity index (χ1) is 14.0. The Morgan fingerprint density at radius 1 is 1.10 bits per heavy atom. The molecule has 0 saturated carbocycles. The Morgan fingerprint density at radius 3 is 2.28 bits per heavy atom. The Balaban J connectivity index is 1.65. The van der Waals surface area contributed by atoms with Crippen molar-refractivity contribution in [3.63, 3.8) is 0 Å². The van der Waals surface area contributed by atoms with Crippen molar-refractivity contribution in [1.82, 2.24) is 5.32 Å².